The lowest BCUT2D eigenvalue weighted by molar-refractivity contribution is -0.129. The average molecular weight is 564 g/mol. The molecule has 0 radical (unpaired) electrons. The van der Waals surface area contributed by atoms with Gasteiger partial charge in [-0.05, 0) is 74.6 Å². The molecule has 9 heteroatoms. The van der Waals surface area contributed by atoms with Crippen molar-refractivity contribution in [1.29, 1.82) is 0 Å². The van der Waals surface area contributed by atoms with Crippen LogP contribution in [-0.4, -0.2) is 33.4 Å². The predicted octanol–water partition coefficient (Wildman–Crippen LogP) is 5.42. The van der Waals surface area contributed by atoms with E-state index in [1.165, 1.54) is 12.5 Å². The van der Waals surface area contributed by atoms with Gasteiger partial charge in [0.05, 0.1) is 6.33 Å². The molecule has 2 aliphatic carbocycles. The maximum atomic E-state index is 14.5. The molecule has 0 bridgehead atoms. The van der Waals surface area contributed by atoms with E-state index in [2.05, 4.69) is 27.9 Å². The van der Waals surface area contributed by atoms with Crippen LogP contribution in [0.1, 0.15) is 75.6 Å². The second-order valence-corrected chi connectivity index (χ2v) is 12.0. The number of nitrogens with zero attached hydrogens (tertiary/aromatic N) is 2. The Morgan fingerprint density at radius 1 is 1.07 bits per heavy atom. The minimum absolute atomic E-state index is 0.0833. The van der Waals surface area contributed by atoms with Gasteiger partial charge in [0.25, 0.3) is 0 Å². The predicted molar refractivity (Wildman–Crippen MR) is 154 cm³/mol. The number of aromatic nitrogens is 2. The van der Waals surface area contributed by atoms with Gasteiger partial charge >= 0.3 is 0 Å². The fourth-order valence-electron chi connectivity index (χ4n) is 6.02. The average Bonchev–Trinajstić information content (AvgIpc) is 3.43. The molecule has 2 aromatic carbocycles. The molecule has 1 aromatic heterocycles. The molecule has 2 amide bonds. The molecule has 41 heavy (non-hydrogen) atoms. The molecule has 2 aliphatic rings. The van der Waals surface area contributed by atoms with E-state index in [9.17, 15) is 18.4 Å². The number of benzene rings is 2. The Hall–Kier alpha value is -3.59. The highest BCUT2D eigenvalue weighted by Gasteiger charge is 2.34. The molecule has 3 unspecified atom stereocenters. The molecule has 1 saturated carbocycles. The number of hydrogen-bond donors (Lipinski definition) is 3. The van der Waals surface area contributed by atoms with Crippen molar-refractivity contribution < 1.29 is 18.4 Å². The third kappa shape index (κ3) is 6.50. The van der Waals surface area contributed by atoms with Crippen LogP contribution in [0.3, 0.4) is 0 Å². The van der Waals surface area contributed by atoms with Gasteiger partial charge in [0.1, 0.15) is 23.2 Å². The fraction of sp³-hybridized carbons (Fsp3) is 0.469. The number of anilines is 1. The van der Waals surface area contributed by atoms with Crippen molar-refractivity contribution in [1.82, 2.24) is 20.2 Å². The number of halogens is 2. The molecule has 0 saturated heterocycles. The number of imidazole rings is 1. The summed E-state index contributed by atoms with van der Waals surface area (Å²) in [4.78, 5) is 31.2. The molecule has 3 N–H and O–H groups in total. The van der Waals surface area contributed by atoms with Crippen molar-refractivity contribution in [2.75, 3.05) is 5.32 Å². The van der Waals surface area contributed by atoms with Gasteiger partial charge in [0.2, 0.25) is 11.8 Å². The second kappa shape index (κ2) is 12.1. The Morgan fingerprint density at radius 3 is 2.59 bits per heavy atom. The molecule has 3 aromatic rings. The van der Waals surface area contributed by atoms with Crippen molar-refractivity contribution in [3.05, 3.63) is 83.3 Å². The fourth-order valence-corrected chi connectivity index (χ4v) is 6.02. The Morgan fingerprint density at radius 2 is 1.83 bits per heavy atom. The van der Waals surface area contributed by atoms with Gasteiger partial charge in [0.15, 0.2) is 5.82 Å². The third-order valence-corrected chi connectivity index (χ3v) is 8.73. The molecule has 0 spiro atoms. The van der Waals surface area contributed by atoms with Gasteiger partial charge in [-0.25, -0.2) is 13.8 Å². The second-order valence-electron chi connectivity index (χ2n) is 12.0. The highest BCUT2D eigenvalue weighted by molar-refractivity contribution is 5.95. The lowest BCUT2D eigenvalue weighted by Crippen LogP contribution is -2.50. The number of carbonyl (C=O) groups is 2. The summed E-state index contributed by atoms with van der Waals surface area (Å²) >= 11 is 0. The van der Waals surface area contributed by atoms with Crippen molar-refractivity contribution in [2.45, 2.75) is 89.4 Å². The number of hydrogen-bond acceptors (Lipinski definition) is 4. The van der Waals surface area contributed by atoms with Crippen LogP contribution in [0.15, 0.2) is 55.0 Å². The highest BCUT2D eigenvalue weighted by Crippen LogP contribution is 2.28. The van der Waals surface area contributed by atoms with Crippen molar-refractivity contribution in [3.8, 4) is 0 Å². The molecule has 1 fully saturated rings. The first-order valence-electron chi connectivity index (χ1n) is 14.6. The Kier molecular flexibility index (Phi) is 8.54. The Labute approximate surface area is 240 Å². The largest absolute Gasteiger partial charge is 0.351 e. The maximum Gasteiger partial charge on any atom is 0.247 e. The van der Waals surface area contributed by atoms with Crippen molar-refractivity contribution in [2.24, 2.45) is 5.92 Å². The zero-order valence-corrected chi connectivity index (χ0v) is 23.9. The molecule has 5 rings (SSSR count). The lowest BCUT2D eigenvalue weighted by Gasteiger charge is -2.33. The maximum absolute atomic E-state index is 14.5. The van der Waals surface area contributed by atoms with Crippen LogP contribution < -0.4 is 16.0 Å². The number of aryl methyl sites for hydroxylation is 1. The number of amides is 2. The van der Waals surface area contributed by atoms with Crippen molar-refractivity contribution in [3.63, 3.8) is 0 Å². The summed E-state index contributed by atoms with van der Waals surface area (Å²) in [5, 5.41) is 9.53. The summed E-state index contributed by atoms with van der Waals surface area (Å²) in [6.45, 7) is 5.86. The van der Waals surface area contributed by atoms with Gasteiger partial charge in [-0.15, -0.1) is 0 Å². The minimum Gasteiger partial charge on any atom is -0.351 e. The molecular weight excluding hydrogens is 524 g/mol. The van der Waals surface area contributed by atoms with E-state index >= 15 is 0 Å². The third-order valence-electron chi connectivity index (χ3n) is 8.73. The SMILES string of the molecule is CC1CCCCC1NC(=O)C(C)(C)n1cnc(NC(=O)[C@@H](NC2CCc3cc(F)cc(F)c3C2)c2ccccc2)c1. The number of fused-ring (bicyclic) bond motifs is 1. The quantitative estimate of drug-likeness (QED) is 0.342. The molecule has 218 valence electrons. The lowest BCUT2D eigenvalue weighted by atomic mass is 9.85. The summed E-state index contributed by atoms with van der Waals surface area (Å²) < 4.78 is 29.9. The van der Waals surface area contributed by atoms with Crippen LogP contribution in [0, 0.1) is 17.6 Å². The standard InChI is InChI=1S/C32H39F2N5O2/c1-20-9-7-8-12-27(20)37-31(41)32(2,3)39-18-28(35-19-39)38-30(40)29(21-10-5-4-6-11-21)36-24-14-13-22-15-23(33)16-26(34)25(22)17-24/h4-6,10-11,15-16,18-20,24,27,29,36H,7-9,12-14,17H2,1-3H3,(H,37,41)(H,38,40)/t20?,24?,27?,29-/m0/s1. The van der Waals surface area contributed by atoms with Crippen LogP contribution in [0.5, 0.6) is 0 Å². The van der Waals surface area contributed by atoms with E-state index in [1.54, 1.807) is 17.1 Å². The van der Waals surface area contributed by atoms with E-state index in [0.29, 0.717) is 42.1 Å². The number of carbonyl (C=O) groups excluding carboxylic acids is 2. The van der Waals surface area contributed by atoms with E-state index in [-0.39, 0.29) is 23.9 Å². The van der Waals surface area contributed by atoms with Gasteiger partial charge in [-0.2, -0.15) is 0 Å². The first-order valence-corrected chi connectivity index (χ1v) is 14.6. The van der Waals surface area contributed by atoms with Crippen LogP contribution in [0.4, 0.5) is 14.6 Å². The number of rotatable bonds is 8. The van der Waals surface area contributed by atoms with Gasteiger partial charge in [-0.3, -0.25) is 14.9 Å². The first-order chi connectivity index (χ1) is 19.6. The zero-order chi connectivity index (χ0) is 29.1. The summed E-state index contributed by atoms with van der Waals surface area (Å²) in [5.41, 5.74) is 1.03. The van der Waals surface area contributed by atoms with E-state index in [4.69, 9.17) is 0 Å². The highest BCUT2D eigenvalue weighted by atomic mass is 19.1. The van der Waals surface area contributed by atoms with E-state index < -0.39 is 23.2 Å². The molecular formula is C32H39F2N5O2. The van der Waals surface area contributed by atoms with E-state index in [0.717, 1.165) is 30.9 Å². The van der Waals surface area contributed by atoms with Gasteiger partial charge < -0.3 is 15.2 Å². The van der Waals surface area contributed by atoms with Crippen molar-refractivity contribution >= 4 is 17.6 Å². The molecule has 1 heterocycles. The van der Waals surface area contributed by atoms with E-state index in [1.807, 2.05) is 44.2 Å². The molecule has 0 aliphatic heterocycles. The summed E-state index contributed by atoms with van der Waals surface area (Å²) in [7, 11) is 0. The van der Waals surface area contributed by atoms with Crippen LogP contribution in [0.25, 0.3) is 0 Å². The van der Waals surface area contributed by atoms with Crippen LogP contribution in [-0.2, 0) is 28.0 Å². The van der Waals surface area contributed by atoms with Gasteiger partial charge in [0, 0.05) is 24.3 Å². The summed E-state index contributed by atoms with van der Waals surface area (Å²) in [6, 6.07) is 10.9. The Balaban J connectivity index is 1.29. The first kappa shape index (κ1) is 28.9. The summed E-state index contributed by atoms with van der Waals surface area (Å²) in [6.07, 6.45) is 9.17. The number of nitrogens with one attached hydrogen (secondary N) is 3. The zero-order valence-electron chi connectivity index (χ0n) is 23.9. The minimum atomic E-state index is -0.900. The molecule has 7 nitrogen and oxygen atoms in total. The normalized spacial score (nSPS) is 21.5. The van der Waals surface area contributed by atoms with Crippen LogP contribution in [0.2, 0.25) is 0 Å². The smallest absolute Gasteiger partial charge is 0.247 e. The monoisotopic (exact) mass is 563 g/mol. The van der Waals surface area contributed by atoms with Gasteiger partial charge in [-0.1, -0.05) is 50.1 Å². The Bertz CT molecular complexity index is 1390. The molecule has 4 atom stereocenters. The topological polar surface area (TPSA) is 88.1 Å². The van der Waals surface area contributed by atoms with Crippen LogP contribution >= 0.6 is 0 Å². The summed E-state index contributed by atoms with van der Waals surface area (Å²) in [5.74, 6) is -0.746.